The summed E-state index contributed by atoms with van der Waals surface area (Å²) < 4.78 is 0. The number of aryl methyl sites for hydroxylation is 2. The van der Waals surface area contributed by atoms with Gasteiger partial charge in [-0.1, -0.05) is 66.2 Å². The maximum absolute atomic E-state index is 13.0. The Morgan fingerprint density at radius 1 is 0.778 bits per heavy atom. The molecule has 0 aliphatic rings. The number of anilines is 1. The molecule has 0 aliphatic heterocycles. The Kier molecular flexibility index (Phi) is 5.67. The number of amides is 2. The van der Waals surface area contributed by atoms with Crippen molar-refractivity contribution in [1.82, 2.24) is 5.32 Å². The molecule has 0 aromatic heterocycles. The summed E-state index contributed by atoms with van der Waals surface area (Å²) in [5.74, 6) is -0.570. The predicted molar refractivity (Wildman–Crippen MR) is 108 cm³/mol. The number of carbonyl (C=O) groups is 2. The number of carbonyl (C=O) groups excluding carboxylic acids is 2. The normalized spacial score (nSPS) is 11.5. The van der Waals surface area contributed by atoms with E-state index >= 15 is 0 Å². The van der Waals surface area contributed by atoms with Gasteiger partial charge in [0.05, 0.1) is 0 Å². The lowest BCUT2D eigenvalue weighted by Gasteiger charge is -2.20. The third-order valence-electron chi connectivity index (χ3n) is 4.39. The van der Waals surface area contributed by atoms with Gasteiger partial charge in [-0.2, -0.15) is 0 Å². The van der Waals surface area contributed by atoms with E-state index in [0.717, 1.165) is 22.4 Å². The maximum Gasteiger partial charge on any atom is 0.252 e. The zero-order valence-corrected chi connectivity index (χ0v) is 15.4. The lowest BCUT2D eigenvalue weighted by atomic mass is 10.0. The van der Waals surface area contributed by atoms with Crippen LogP contribution in [0.3, 0.4) is 0 Å². The van der Waals surface area contributed by atoms with Crippen LogP contribution in [0.2, 0.25) is 0 Å². The van der Waals surface area contributed by atoms with E-state index in [9.17, 15) is 9.59 Å². The minimum atomic E-state index is -0.792. The van der Waals surface area contributed by atoms with Crippen LogP contribution in [-0.2, 0) is 4.79 Å². The topological polar surface area (TPSA) is 58.2 Å². The molecular formula is C23H22N2O2. The number of benzene rings is 3. The molecule has 2 amide bonds. The van der Waals surface area contributed by atoms with Crippen LogP contribution in [0.4, 0.5) is 5.69 Å². The molecule has 0 aliphatic carbocycles. The first-order valence-electron chi connectivity index (χ1n) is 8.83. The Balaban J connectivity index is 1.85. The molecule has 0 fully saturated rings. The summed E-state index contributed by atoms with van der Waals surface area (Å²) in [5.41, 5.74) is 4.01. The molecule has 0 saturated heterocycles. The van der Waals surface area contributed by atoms with E-state index in [1.54, 1.807) is 12.1 Å². The summed E-state index contributed by atoms with van der Waals surface area (Å²) in [4.78, 5) is 25.6. The van der Waals surface area contributed by atoms with E-state index in [1.165, 1.54) is 0 Å². The summed E-state index contributed by atoms with van der Waals surface area (Å²) >= 11 is 0. The van der Waals surface area contributed by atoms with E-state index in [2.05, 4.69) is 10.6 Å². The average Bonchev–Trinajstić information content (AvgIpc) is 2.69. The fourth-order valence-electron chi connectivity index (χ4n) is 2.78. The van der Waals surface area contributed by atoms with Gasteiger partial charge in [-0.05, 0) is 43.2 Å². The van der Waals surface area contributed by atoms with Gasteiger partial charge in [-0.15, -0.1) is 0 Å². The molecule has 27 heavy (non-hydrogen) atoms. The second kappa shape index (κ2) is 8.32. The number of hydrogen-bond acceptors (Lipinski definition) is 2. The van der Waals surface area contributed by atoms with Crippen LogP contribution in [0.15, 0.2) is 78.9 Å². The van der Waals surface area contributed by atoms with Crippen LogP contribution in [0.5, 0.6) is 0 Å². The van der Waals surface area contributed by atoms with E-state index in [4.69, 9.17) is 0 Å². The van der Waals surface area contributed by atoms with Gasteiger partial charge in [0.25, 0.3) is 11.8 Å². The quantitative estimate of drug-likeness (QED) is 0.710. The fourth-order valence-corrected chi connectivity index (χ4v) is 2.78. The van der Waals surface area contributed by atoms with Crippen molar-refractivity contribution in [3.8, 4) is 0 Å². The van der Waals surface area contributed by atoms with Crippen molar-refractivity contribution in [3.05, 3.63) is 101 Å². The Labute approximate surface area is 159 Å². The molecule has 3 aromatic carbocycles. The van der Waals surface area contributed by atoms with E-state index in [0.29, 0.717) is 5.56 Å². The fraction of sp³-hybridized carbons (Fsp3) is 0.130. The Hall–Kier alpha value is -3.40. The molecule has 0 spiro atoms. The van der Waals surface area contributed by atoms with Crippen LogP contribution in [-0.4, -0.2) is 11.8 Å². The first-order valence-corrected chi connectivity index (χ1v) is 8.83. The third-order valence-corrected chi connectivity index (χ3v) is 4.39. The lowest BCUT2D eigenvalue weighted by Crippen LogP contribution is -2.37. The summed E-state index contributed by atoms with van der Waals surface area (Å²) in [6.45, 7) is 3.89. The van der Waals surface area contributed by atoms with Crippen LogP contribution < -0.4 is 10.6 Å². The van der Waals surface area contributed by atoms with Crippen molar-refractivity contribution in [2.75, 3.05) is 5.32 Å². The Bertz CT molecular complexity index is 934. The molecule has 3 aromatic rings. The first-order chi connectivity index (χ1) is 13.0. The summed E-state index contributed by atoms with van der Waals surface area (Å²) in [5, 5.41) is 5.78. The number of para-hydroxylation sites is 1. The van der Waals surface area contributed by atoms with Crippen molar-refractivity contribution in [2.45, 2.75) is 19.9 Å². The molecule has 2 N–H and O–H groups in total. The molecule has 0 bridgehead atoms. The van der Waals surface area contributed by atoms with Gasteiger partial charge in [0.15, 0.2) is 0 Å². The van der Waals surface area contributed by atoms with Crippen molar-refractivity contribution in [2.24, 2.45) is 0 Å². The van der Waals surface area contributed by atoms with Crippen LogP contribution in [0.1, 0.15) is 33.1 Å². The first kappa shape index (κ1) is 18.4. The SMILES string of the molecule is Cc1ccc(C(=O)N[C@@H](C(=O)Nc2ccccc2C)c2ccccc2)cc1. The number of nitrogens with one attached hydrogen (secondary N) is 2. The van der Waals surface area contributed by atoms with Crippen molar-refractivity contribution >= 4 is 17.5 Å². The highest BCUT2D eigenvalue weighted by molar-refractivity contribution is 6.01. The van der Waals surface area contributed by atoms with Gasteiger partial charge in [0.2, 0.25) is 0 Å². The lowest BCUT2D eigenvalue weighted by molar-refractivity contribution is -0.118. The second-order valence-corrected chi connectivity index (χ2v) is 6.49. The van der Waals surface area contributed by atoms with Gasteiger partial charge in [-0.25, -0.2) is 0 Å². The summed E-state index contributed by atoms with van der Waals surface area (Å²) in [6.07, 6.45) is 0. The van der Waals surface area contributed by atoms with Gasteiger partial charge < -0.3 is 10.6 Å². The minimum absolute atomic E-state index is 0.282. The third kappa shape index (κ3) is 4.61. The molecule has 0 radical (unpaired) electrons. The monoisotopic (exact) mass is 358 g/mol. The Morgan fingerprint density at radius 3 is 2.07 bits per heavy atom. The van der Waals surface area contributed by atoms with Crippen molar-refractivity contribution in [3.63, 3.8) is 0 Å². The molecule has 0 unspecified atom stereocenters. The zero-order chi connectivity index (χ0) is 19.2. The molecule has 4 heteroatoms. The molecule has 0 saturated carbocycles. The standard InChI is InChI=1S/C23H22N2O2/c1-16-12-14-19(15-13-16)22(26)25-21(18-9-4-3-5-10-18)23(27)24-20-11-7-6-8-17(20)2/h3-15,21H,1-2H3,(H,24,27)(H,25,26)/t21-/m1/s1. The van der Waals surface area contributed by atoms with Crippen molar-refractivity contribution in [1.29, 1.82) is 0 Å². The van der Waals surface area contributed by atoms with Gasteiger partial charge in [0, 0.05) is 11.3 Å². The second-order valence-electron chi connectivity index (χ2n) is 6.49. The molecule has 136 valence electrons. The molecular weight excluding hydrogens is 336 g/mol. The predicted octanol–water partition coefficient (Wildman–Crippen LogP) is 4.41. The molecule has 1 atom stereocenters. The van der Waals surface area contributed by atoms with E-state index in [-0.39, 0.29) is 11.8 Å². The van der Waals surface area contributed by atoms with E-state index in [1.807, 2.05) is 80.6 Å². The molecule has 3 rings (SSSR count). The van der Waals surface area contributed by atoms with Crippen LogP contribution >= 0.6 is 0 Å². The van der Waals surface area contributed by atoms with Gasteiger partial charge >= 0.3 is 0 Å². The summed E-state index contributed by atoms with van der Waals surface area (Å²) in [7, 11) is 0. The number of hydrogen-bond donors (Lipinski definition) is 2. The van der Waals surface area contributed by atoms with Crippen molar-refractivity contribution < 1.29 is 9.59 Å². The van der Waals surface area contributed by atoms with Gasteiger partial charge in [0.1, 0.15) is 6.04 Å². The van der Waals surface area contributed by atoms with Crippen LogP contribution in [0.25, 0.3) is 0 Å². The minimum Gasteiger partial charge on any atom is -0.336 e. The van der Waals surface area contributed by atoms with Crippen LogP contribution in [0, 0.1) is 13.8 Å². The number of rotatable bonds is 5. The van der Waals surface area contributed by atoms with Gasteiger partial charge in [-0.3, -0.25) is 9.59 Å². The Morgan fingerprint density at radius 2 is 1.41 bits per heavy atom. The smallest absolute Gasteiger partial charge is 0.252 e. The highest BCUT2D eigenvalue weighted by atomic mass is 16.2. The zero-order valence-electron chi connectivity index (χ0n) is 15.4. The average molecular weight is 358 g/mol. The maximum atomic E-state index is 13.0. The highest BCUT2D eigenvalue weighted by Gasteiger charge is 2.23. The molecule has 4 nitrogen and oxygen atoms in total. The molecule has 0 heterocycles. The largest absolute Gasteiger partial charge is 0.336 e. The van der Waals surface area contributed by atoms with E-state index < -0.39 is 6.04 Å². The highest BCUT2D eigenvalue weighted by Crippen LogP contribution is 2.19. The summed E-state index contributed by atoms with van der Waals surface area (Å²) in [6, 6.07) is 23.3.